The van der Waals surface area contributed by atoms with Gasteiger partial charge in [-0.15, -0.1) is 11.3 Å². The van der Waals surface area contributed by atoms with Gasteiger partial charge in [0, 0.05) is 26.4 Å². The number of rotatable bonds is 3. The van der Waals surface area contributed by atoms with Crippen LogP contribution < -0.4 is 16.0 Å². The van der Waals surface area contributed by atoms with Crippen LogP contribution in [0.1, 0.15) is 29.4 Å². The normalized spacial score (nSPS) is 17.0. The Labute approximate surface area is 129 Å². The molecule has 0 aliphatic carbocycles. The van der Waals surface area contributed by atoms with Crippen LogP contribution in [0, 0.1) is 5.92 Å². The van der Waals surface area contributed by atoms with Crippen molar-refractivity contribution < 1.29 is 13.2 Å². The molecule has 0 aromatic carbocycles. The minimum Gasteiger partial charge on any atom is -0.396 e. The van der Waals surface area contributed by atoms with E-state index in [2.05, 4.69) is 12.2 Å². The number of sulfone groups is 1. The van der Waals surface area contributed by atoms with E-state index in [1.807, 2.05) is 4.90 Å². The minimum absolute atomic E-state index is 0.0653. The van der Waals surface area contributed by atoms with Gasteiger partial charge in [0.05, 0.1) is 5.69 Å². The monoisotopic (exact) mass is 331 g/mol. The largest absolute Gasteiger partial charge is 0.396 e. The molecule has 118 valence electrons. The van der Waals surface area contributed by atoms with Crippen molar-refractivity contribution in [2.45, 2.75) is 24.7 Å². The molecule has 8 heteroatoms. The summed E-state index contributed by atoms with van der Waals surface area (Å²) in [5.74, 6) is 0.290. The Balaban J connectivity index is 2.51. The van der Waals surface area contributed by atoms with Gasteiger partial charge >= 0.3 is 0 Å². The van der Waals surface area contributed by atoms with Crippen LogP contribution in [0.15, 0.2) is 4.90 Å². The molecule has 1 fully saturated rings. The number of piperidine rings is 1. The molecule has 0 unspecified atom stereocenters. The summed E-state index contributed by atoms with van der Waals surface area (Å²) in [7, 11) is -1.98. The average molecular weight is 331 g/mol. The Hall–Kier alpha value is -1.28. The fourth-order valence-electron chi connectivity index (χ4n) is 2.48. The number of hydrogen-bond acceptors (Lipinski definition) is 6. The molecule has 1 aliphatic heterocycles. The van der Waals surface area contributed by atoms with Crippen molar-refractivity contribution in [3.05, 3.63) is 4.88 Å². The summed E-state index contributed by atoms with van der Waals surface area (Å²) in [5.41, 5.74) is 6.01. The summed E-state index contributed by atoms with van der Waals surface area (Å²) in [6.07, 6.45) is 3.15. The summed E-state index contributed by atoms with van der Waals surface area (Å²) in [6, 6.07) is 0. The van der Waals surface area contributed by atoms with Crippen molar-refractivity contribution in [3.63, 3.8) is 0 Å². The quantitative estimate of drug-likeness (QED) is 0.872. The molecule has 6 nitrogen and oxygen atoms in total. The lowest BCUT2D eigenvalue weighted by Gasteiger charge is -2.31. The topological polar surface area (TPSA) is 92.5 Å². The SMILES string of the molecule is CNC(=O)c1sc(N2CCC(C)CC2)c(S(C)(=O)=O)c1N. The predicted octanol–water partition coefficient (Wildman–Crippen LogP) is 1.33. The number of carbonyl (C=O) groups is 1. The Bertz CT molecular complexity index is 644. The molecule has 2 heterocycles. The molecule has 1 amide bonds. The van der Waals surface area contributed by atoms with Crippen LogP contribution in [0.4, 0.5) is 10.7 Å². The zero-order chi connectivity index (χ0) is 15.8. The molecule has 1 aromatic rings. The zero-order valence-corrected chi connectivity index (χ0v) is 14.1. The van der Waals surface area contributed by atoms with Gasteiger partial charge in [0.1, 0.15) is 14.8 Å². The van der Waals surface area contributed by atoms with Gasteiger partial charge in [0.15, 0.2) is 9.84 Å². The first-order chi connectivity index (χ1) is 9.75. The number of thiophene rings is 1. The fraction of sp³-hybridized carbons (Fsp3) is 0.615. The Kier molecular flexibility index (Phi) is 4.48. The molecule has 0 spiro atoms. The Morgan fingerprint density at radius 1 is 1.38 bits per heavy atom. The molecule has 2 rings (SSSR count). The summed E-state index contributed by atoms with van der Waals surface area (Å²) < 4.78 is 24.1. The van der Waals surface area contributed by atoms with Gasteiger partial charge < -0.3 is 16.0 Å². The fourth-order valence-corrected chi connectivity index (χ4v) is 5.18. The Morgan fingerprint density at radius 2 is 1.95 bits per heavy atom. The van der Waals surface area contributed by atoms with E-state index in [1.165, 1.54) is 7.05 Å². The predicted molar refractivity (Wildman–Crippen MR) is 85.8 cm³/mol. The van der Waals surface area contributed by atoms with Crippen LogP contribution in [0.2, 0.25) is 0 Å². The third kappa shape index (κ3) is 3.16. The molecular weight excluding hydrogens is 310 g/mol. The first-order valence-corrected chi connectivity index (χ1v) is 9.55. The lowest BCUT2D eigenvalue weighted by atomic mass is 9.99. The molecule has 1 aliphatic rings. The van der Waals surface area contributed by atoms with E-state index >= 15 is 0 Å². The highest BCUT2D eigenvalue weighted by Gasteiger charge is 2.30. The van der Waals surface area contributed by atoms with Gasteiger partial charge in [-0.05, 0) is 18.8 Å². The van der Waals surface area contributed by atoms with Gasteiger partial charge in [-0.25, -0.2) is 8.42 Å². The van der Waals surface area contributed by atoms with Crippen molar-refractivity contribution in [2.75, 3.05) is 37.0 Å². The van der Waals surface area contributed by atoms with Crippen LogP contribution in [-0.4, -0.2) is 40.7 Å². The van der Waals surface area contributed by atoms with Crippen molar-refractivity contribution in [1.29, 1.82) is 0 Å². The molecule has 21 heavy (non-hydrogen) atoms. The maximum atomic E-state index is 12.1. The van der Waals surface area contributed by atoms with Crippen LogP contribution in [0.25, 0.3) is 0 Å². The third-order valence-electron chi connectivity index (χ3n) is 3.76. The van der Waals surface area contributed by atoms with E-state index < -0.39 is 9.84 Å². The third-order valence-corrected chi connectivity index (χ3v) is 6.31. The number of nitrogen functional groups attached to an aromatic ring is 1. The Morgan fingerprint density at radius 3 is 2.43 bits per heavy atom. The van der Waals surface area contributed by atoms with E-state index in [1.54, 1.807) is 0 Å². The maximum absolute atomic E-state index is 12.1. The molecule has 0 atom stereocenters. The van der Waals surface area contributed by atoms with Crippen molar-refractivity contribution in [3.8, 4) is 0 Å². The van der Waals surface area contributed by atoms with E-state index in [9.17, 15) is 13.2 Å². The first-order valence-electron chi connectivity index (χ1n) is 6.85. The minimum atomic E-state index is -3.48. The van der Waals surface area contributed by atoms with E-state index in [0.29, 0.717) is 10.9 Å². The van der Waals surface area contributed by atoms with Gasteiger partial charge in [-0.3, -0.25) is 4.79 Å². The number of nitrogens with zero attached hydrogens (tertiary/aromatic N) is 1. The second kappa shape index (κ2) is 5.84. The lowest BCUT2D eigenvalue weighted by molar-refractivity contribution is 0.0968. The van der Waals surface area contributed by atoms with Crippen LogP contribution in [0.5, 0.6) is 0 Å². The summed E-state index contributed by atoms with van der Waals surface area (Å²) >= 11 is 1.16. The molecule has 1 saturated heterocycles. The maximum Gasteiger partial charge on any atom is 0.263 e. The second-order valence-electron chi connectivity index (χ2n) is 5.50. The number of carbonyl (C=O) groups excluding carboxylic acids is 1. The van der Waals surface area contributed by atoms with Crippen molar-refractivity contribution in [1.82, 2.24) is 5.32 Å². The number of anilines is 2. The number of amides is 1. The molecule has 0 saturated carbocycles. The molecule has 1 aromatic heterocycles. The highest BCUT2D eigenvalue weighted by atomic mass is 32.2. The highest BCUT2D eigenvalue weighted by molar-refractivity contribution is 7.91. The number of hydrogen-bond donors (Lipinski definition) is 2. The average Bonchev–Trinajstić information content (AvgIpc) is 2.76. The van der Waals surface area contributed by atoms with Gasteiger partial charge in [0.2, 0.25) is 0 Å². The number of nitrogens with two attached hydrogens (primary N) is 1. The lowest BCUT2D eigenvalue weighted by Crippen LogP contribution is -2.33. The van der Waals surface area contributed by atoms with Gasteiger partial charge in [-0.2, -0.15) is 0 Å². The standard InChI is InChI=1S/C13H21N3O3S2/c1-8-4-6-16(7-5-8)13-11(21(3,18)19)9(14)10(20-13)12(17)15-2/h8H,4-7,14H2,1-3H3,(H,15,17). The number of nitrogens with one attached hydrogen (secondary N) is 1. The summed E-state index contributed by atoms with van der Waals surface area (Å²) in [4.78, 5) is 14.3. The smallest absolute Gasteiger partial charge is 0.263 e. The highest BCUT2D eigenvalue weighted by Crippen LogP contribution is 2.42. The zero-order valence-electron chi connectivity index (χ0n) is 12.5. The van der Waals surface area contributed by atoms with E-state index in [0.717, 1.165) is 43.5 Å². The van der Waals surface area contributed by atoms with Crippen LogP contribution in [-0.2, 0) is 9.84 Å². The van der Waals surface area contributed by atoms with Crippen molar-refractivity contribution >= 4 is 37.8 Å². The molecule has 3 N–H and O–H groups in total. The first kappa shape index (κ1) is 16.1. The molecule has 0 bridgehead atoms. The van der Waals surface area contributed by atoms with E-state index in [4.69, 9.17) is 5.73 Å². The summed E-state index contributed by atoms with van der Waals surface area (Å²) in [5, 5.41) is 3.10. The summed E-state index contributed by atoms with van der Waals surface area (Å²) in [6.45, 7) is 3.77. The molecule has 0 radical (unpaired) electrons. The van der Waals surface area contributed by atoms with E-state index in [-0.39, 0.29) is 21.4 Å². The van der Waals surface area contributed by atoms with Gasteiger partial charge in [0.25, 0.3) is 5.91 Å². The van der Waals surface area contributed by atoms with Crippen LogP contribution in [0.3, 0.4) is 0 Å². The molecular formula is C13H21N3O3S2. The van der Waals surface area contributed by atoms with Crippen LogP contribution >= 0.6 is 11.3 Å². The van der Waals surface area contributed by atoms with Crippen molar-refractivity contribution in [2.24, 2.45) is 5.92 Å². The van der Waals surface area contributed by atoms with Gasteiger partial charge in [-0.1, -0.05) is 6.92 Å². The second-order valence-corrected chi connectivity index (χ2v) is 8.45.